The van der Waals surface area contributed by atoms with Gasteiger partial charge in [-0.1, -0.05) is 31.2 Å². The van der Waals surface area contributed by atoms with E-state index in [2.05, 4.69) is 10.8 Å². The first-order valence-corrected chi connectivity index (χ1v) is 11.7. The summed E-state index contributed by atoms with van der Waals surface area (Å²) < 4.78 is 84.2. The van der Waals surface area contributed by atoms with Crippen LogP contribution in [0, 0.1) is 0 Å². The van der Waals surface area contributed by atoms with E-state index in [1.807, 2.05) is 0 Å². The van der Waals surface area contributed by atoms with Crippen molar-refractivity contribution in [2.45, 2.75) is 51.0 Å². The molecule has 0 bridgehead atoms. The molecule has 1 amide bonds. The molecule has 1 aliphatic carbocycles. The molecule has 206 valence electrons. The molecule has 1 atom stereocenters. The largest absolute Gasteiger partial charge is 0.478 e. The summed E-state index contributed by atoms with van der Waals surface area (Å²) in [4.78, 5) is 21.3. The molecule has 13 heteroatoms. The van der Waals surface area contributed by atoms with E-state index in [9.17, 15) is 31.1 Å². The van der Waals surface area contributed by atoms with Gasteiger partial charge >= 0.3 is 18.3 Å². The maximum atomic E-state index is 14.0. The number of carboxylic acids is 1. The highest BCUT2D eigenvalue weighted by Gasteiger charge is 2.43. The summed E-state index contributed by atoms with van der Waals surface area (Å²) in [5.74, 6) is -1.85. The number of carbonyl (C=O) groups is 2. The number of anilines is 1. The number of amides is 1. The molecule has 2 aromatic rings. The van der Waals surface area contributed by atoms with Gasteiger partial charge in [-0.25, -0.2) is 9.48 Å². The topological polar surface area (TPSA) is 101 Å². The maximum Gasteiger partial charge on any atom is 0.435 e. The number of aromatic nitrogens is 2. The molecular formula is C25H26F6N4O3. The molecule has 4 rings (SSSR count). The fourth-order valence-corrected chi connectivity index (χ4v) is 4.71. The van der Waals surface area contributed by atoms with Crippen molar-refractivity contribution in [3.05, 3.63) is 69.9 Å². The number of primary amides is 1. The molecule has 1 aromatic heterocycles. The second kappa shape index (κ2) is 11.3. The van der Waals surface area contributed by atoms with Crippen LogP contribution >= 0.6 is 0 Å². The molecule has 2 heterocycles. The average molecular weight is 544 g/mol. The second-order valence-corrected chi connectivity index (χ2v) is 8.81. The third-order valence-electron chi connectivity index (χ3n) is 6.39. The van der Waals surface area contributed by atoms with Crippen LogP contribution in [-0.2, 0) is 17.5 Å². The van der Waals surface area contributed by atoms with Gasteiger partial charge < -0.3 is 15.7 Å². The highest BCUT2D eigenvalue weighted by molar-refractivity contribution is 5.87. The number of benzene rings is 1. The molecule has 0 saturated carbocycles. The zero-order chi connectivity index (χ0) is 28.3. The fourth-order valence-electron chi connectivity index (χ4n) is 4.71. The van der Waals surface area contributed by atoms with Crippen molar-refractivity contribution in [3.63, 3.8) is 0 Å². The first-order valence-electron chi connectivity index (χ1n) is 11.7. The van der Waals surface area contributed by atoms with Gasteiger partial charge in [-0.3, -0.25) is 4.79 Å². The van der Waals surface area contributed by atoms with Crippen molar-refractivity contribution in [2.75, 3.05) is 18.0 Å². The Bertz CT molecular complexity index is 1230. The van der Waals surface area contributed by atoms with E-state index in [1.54, 1.807) is 17.9 Å². The number of alkyl halides is 6. The van der Waals surface area contributed by atoms with Gasteiger partial charge in [0.1, 0.15) is 5.82 Å². The van der Waals surface area contributed by atoms with Crippen molar-refractivity contribution in [1.29, 1.82) is 0 Å². The van der Waals surface area contributed by atoms with Crippen molar-refractivity contribution in [2.24, 2.45) is 5.73 Å². The number of hydrogen-bond acceptors (Lipinski definition) is 4. The minimum atomic E-state index is -4.78. The van der Waals surface area contributed by atoms with Gasteiger partial charge in [0.2, 0.25) is 6.41 Å². The number of carbonyl (C=O) groups excluding carboxylic acids is 1. The van der Waals surface area contributed by atoms with Crippen molar-refractivity contribution < 1.29 is 41.0 Å². The number of aryl methyl sites for hydroxylation is 1. The third-order valence-corrected chi connectivity index (χ3v) is 6.39. The quantitative estimate of drug-likeness (QED) is 0.395. The number of hydrogen-bond donors (Lipinski definition) is 2. The molecule has 3 N–H and O–H groups in total. The molecule has 0 saturated heterocycles. The van der Waals surface area contributed by atoms with Gasteiger partial charge in [-0.15, -0.1) is 0 Å². The van der Waals surface area contributed by atoms with E-state index in [4.69, 9.17) is 9.90 Å². The highest BCUT2D eigenvalue weighted by atomic mass is 19.4. The van der Waals surface area contributed by atoms with E-state index in [0.29, 0.717) is 12.0 Å². The second-order valence-electron chi connectivity index (χ2n) is 8.81. The van der Waals surface area contributed by atoms with Crippen LogP contribution in [0.1, 0.15) is 59.3 Å². The Morgan fingerprint density at radius 1 is 1.13 bits per heavy atom. The number of nitrogens with two attached hydrogens (primary N) is 1. The normalized spacial score (nSPS) is 16.4. The first kappa shape index (κ1) is 28.8. The van der Waals surface area contributed by atoms with Gasteiger partial charge in [-0.2, -0.15) is 31.4 Å². The molecule has 1 aromatic carbocycles. The van der Waals surface area contributed by atoms with E-state index in [1.165, 1.54) is 35.0 Å². The minimum Gasteiger partial charge on any atom is -0.478 e. The van der Waals surface area contributed by atoms with Gasteiger partial charge in [-0.05, 0) is 42.5 Å². The van der Waals surface area contributed by atoms with Gasteiger partial charge in [0.05, 0.1) is 5.56 Å². The van der Waals surface area contributed by atoms with Crippen LogP contribution in [-0.4, -0.2) is 46.5 Å². The zero-order valence-corrected chi connectivity index (χ0v) is 20.3. The first-order chi connectivity index (χ1) is 17.8. The Labute approximate surface area is 214 Å². The van der Waals surface area contributed by atoms with Crippen molar-refractivity contribution in [1.82, 2.24) is 9.78 Å². The Hall–Kier alpha value is -3.77. The fraction of sp³-hybridized carbons (Fsp3) is 0.400. The van der Waals surface area contributed by atoms with Crippen LogP contribution in [0.15, 0.2) is 47.6 Å². The van der Waals surface area contributed by atoms with Crippen LogP contribution < -0.4 is 10.6 Å². The van der Waals surface area contributed by atoms with Gasteiger partial charge in [0.15, 0.2) is 5.69 Å². The standard InChI is InChI=1S/C24H23F6N3O2.CH3NO/c1-14(15-7-9-16(10-8-15)22(34)35)19-20(24(28,29)30)31-33-12-4-11-32(21(19)33)13-17-5-2-3-6-18(17)23(25,26)27;2-1-3/h2,5,7-10,14H,3-4,6,11-13H2,1H3,(H,34,35);1H,(H2,2,3). The molecule has 0 spiro atoms. The van der Waals surface area contributed by atoms with Gasteiger partial charge in [0, 0.05) is 36.7 Å². The summed E-state index contributed by atoms with van der Waals surface area (Å²) in [6.07, 6.45) is -5.48. The molecule has 1 unspecified atom stereocenters. The van der Waals surface area contributed by atoms with Crippen LogP contribution in [0.3, 0.4) is 0 Å². The Morgan fingerprint density at radius 2 is 1.76 bits per heavy atom. The average Bonchev–Trinajstić information content (AvgIpc) is 3.25. The molecule has 2 aliphatic rings. The Kier molecular flexibility index (Phi) is 8.58. The van der Waals surface area contributed by atoms with Crippen molar-refractivity contribution in [3.8, 4) is 0 Å². The summed E-state index contributed by atoms with van der Waals surface area (Å²) in [6.45, 7) is 1.85. The van der Waals surface area contributed by atoms with Gasteiger partial charge in [0.25, 0.3) is 0 Å². The van der Waals surface area contributed by atoms with E-state index in [-0.39, 0.29) is 61.4 Å². The Balaban J connectivity index is 0.00000127. The Morgan fingerprint density at radius 3 is 2.32 bits per heavy atom. The summed E-state index contributed by atoms with van der Waals surface area (Å²) in [5.41, 5.74) is 2.76. The smallest absolute Gasteiger partial charge is 0.435 e. The third kappa shape index (κ3) is 6.20. The summed E-state index contributed by atoms with van der Waals surface area (Å²) >= 11 is 0. The lowest BCUT2D eigenvalue weighted by Crippen LogP contribution is -2.35. The lowest BCUT2D eigenvalue weighted by atomic mass is 9.90. The van der Waals surface area contributed by atoms with E-state index >= 15 is 0 Å². The molecular weight excluding hydrogens is 518 g/mol. The van der Waals surface area contributed by atoms with Crippen LogP contribution in [0.2, 0.25) is 0 Å². The van der Waals surface area contributed by atoms with Crippen LogP contribution in [0.5, 0.6) is 0 Å². The number of rotatable bonds is 5. The number of fused-ring (bicyclic) bond motifs is 1. The monoisotopic (exact) mass is 544 g/mol. The summed E-state index contributed by atoms with van der Waals surface area (Å²) in [6, 6.07) is 5.50. The van der Waals surface area contributed by atoms with Crippen molar-refractivity contribution >= 4 is 18.2 Å². The molecule has 0 radical (unpaired) electrons. The zero-order valence-electron chi connectivity index (χ0n) is 20.3. The van der Waals surface area contributed by atoms with E-state index in [0.717, 1.165) is 0 Å². The van der Waals surface area contributed by atoms with Crippen LogP contribution in [0.4, 0.5) is 32.2 Å². The molecule has 7 nitrogen and oxygen atoms in total. The maximum absolute atomic E-state index is 14.0. The molecule has 38 heavy (non-hydrogen) atoms. The number of aromatic carboxylic acids is 1. The van der Waals surface area contributed by atoms with E-state index < -0.39 is 35.5 Å². The SMILES string of the molecule is CC(c1ccc(C(=O)O)cc1)c1c(C(F)(F)F)nn2c1N(CC1=C(C(F)(F)F)CCC=C1)CCC2.NC=O. The number of carboxylic acid groups (broad SMARTS) is 1. The predicted octanol–water partition coefficient (Wildman–Crippen LogP) is 5.27. The minimum absolute atomic E-state index is 0.00800. The number of nitrogens with zero attached hydrogens (tertiary/aromatic N) is 3. The molecule has 1 aliphatic heterocycles. The lowest BCUT2D eigenvalue weighted by Gasteiger charge is -2.33. The predicted molar refractivity (Wildman–Crippen MR) is 127 cm³/mol. The van der Waals surface area contributed by atoms with Crippen LogP contribution in [0.25, 0.3) is 0 Å². The number of halogens is 6. The lowest BCUT2D eigenvalue weighted by molar-refractivity contribution is -0.142. The summed E-state index contributed by atoms with van der Waals surface area (Å²) in [5, 5.41) is 12.9. The molecule has 0 fully saturated rings. The summed E-state index contributed by atoms with van der Waals surface area (Å²) in [7, 11) is 0. The highest BCUT2D eigenvalue weighted by Crippen LogP contribution is 2.44. The number of allylic oxidation sites excluding steroid dienone is 2.